The lowest BCUT2D eigenvalue weighted by molar-refractivity contribution is -0.137. The summed E-state index contributed by atoms with van der Waals surface area (Å²) < 4.78 is 5.68. The Morgan fingerprint density at radius 1 is 1.29 bits per heavy atom. The Morgan fingerprint density at radius 3 is 2.62 bits per heavy atom. The van der Waals surface area contributed by atoms with Gasteiger partial charge in [0.2, 0.25) is 5.91 Å². The van der Waals surface area contributed by atoms with Gasteiger partial charge in [-0.1, -0.05) is 6.92 Å². The Bertz CT molecular complexity index is 311. The summed E-state index contributed by atoms with van der Waals surface area (Å²) in [5.74, 6) is 0.272. The minimum atomic E-state index is 0.157. The van der Waals surface area contributed by atoms with Gasteiger partial charge in [0.15, 0.2) is 0 Å². The van der Waals surface area contributed by atoms with Crippen molar-refractivity contribution in [3.63, 3.8) is 0 Å². The van der Waals surface area contributed by atoms with E-state index in [2.05, 4.69) is 11.8 Å². The first-order chi connectivity index (χ1) is 10.2. The van der Waals surface area contributed by atoms with Gasteiger partial charge in [0.1, 0.15) is 0 Å². The van der Waals surface area contributed by atoms with Crippen LogP contribution in [0.2, 0.25) is 0 Å². The molecular formula is C16H31N3O2. The zero-order chi connectivity index (χ0) is 15.1. The topological polar surface area (TPSA) is 58.8 Å². The molecule has 2 heterocycles. The van der Waals surface area contributed by atoms with Crippen molar-refractivity contribution in [1.82, 2.24) is 9.80 Å². The van der Waals surface area contributed by atoms with E-state index in [1.165, 1.54) is 6.42 Å². The maximum atomic E-state index is 12.3. The van der Waals surface area contributed by atoms with E-state index >= 15 is 0 Å². The van der Waals surface area contributed by atoms with Crippen molar-refractivity contribution in [1.29, 1.82) is 0 Å². The van der Waals surface area contributed by atoms with E-state index in [-0.39, 0.29) is 12.0 Å². The Kier molecular flexibility index (Phi) is 6.93. The number of rotatable bonds is 6. The average molecular weight is 297 g/mol. The first-order valence-electron chi connectivity index (χ1n) is 8.58. The van der Waals surface area contributed by atoms with Gasteiger partial charge >= 0.3 is 0 Å². The quantitative estimate of drug-likeness (QED) is 0.801. The fourth-order valence-corrected chi connectivity index (χ4v) is 3.47. The molecule has 2 aliphatic rings. The van der Waals surface area contributed by atoms with E-state index in [1.54, 1.807) is 0 Å². The van der Waals surface area contributed by atoms with Gasteiger partial charge in [-0.05, 0) is 38.6 Å². The van der Waals surface area contributed by atoms with Crippen molar-refractivity contribution >= 4 is 5.91 Å². The maximum Gasteiger partial charge on any atom is 0.225 e. The normalized spacial score (nSPS) is 25.8. The molecule has 0 bridgehead atoms. The highest BCUT2D eigenvalue weighted by molar-refractivity contribution is 5.76. The van der Waals surface area contributed by atoms with Crippen LogP contribution in [0.25, 0.3) is 0 Å². The Hall–Kier alpha value is -0.650. The molecule has 21 heavy (non-hydrogen) atoms. The lowest BCUT2D eigenvalue weighted by Gasteiger charge is -2.39. The molecule has 2 atom stereocenters. The molecule has 0 saturated carbocycles. The first-order valence-corrected chi connectivity index (χ1v) is 8.58. The number of piperazine rings is 1. The molecule has 0 aromatic carbocycles. The zero-order valence-corrected chi connectivity index (χ0v) is 13.4. The monoisotopic (exact) mass is 297 g/mol. The number of carbonyl (C=O) groups excluding carboxylic acids is 1. The summed E-state index contributed by atoms with van der Waals surface area (Å²) in [4.78, 5) is 16.9. The smallest absolute Gasteiger partial charge is 0.225 e. The van der Waals surface area contributed by atoms with E-state index in [0.29, 0.717) is 12.5 Å². The van der Waals surface area contributed by atoms with Gasteiger partial charge < -0.3 is 15.4 Å². The standard InChI is InChI=1S/C16H31N3O2/c1-2-14(6-7-17)18-8-10-19(11-9-18)16(20)13-15-5-3-4-12-21-15/h14-15H,2-13,17H2,1H3. The van der Waals surface area contributed by atoms with Crippen LogP contribution in [0.15, 0.2) is 0 Å². The zero-order valence-electron chi connectivity index (χ0n) is 13.4. The summed E-state index contributed by atoms with van der Waals surface area (Å²) in [5, 5.41) is 0. The lowest BCUT2D eigenvalue weighted by Crippen LogP contribution is -2.52. The van der Waals surface area contributed by atoms with Crippen molar-refractivity contribution < 1.29 is 9.53 Å². The summed E-state index contributed by atoms with van der Waals surface area (Å²) in [6.07, 6.45) is 6.30. The third kappa shape index (κ3) is 4.94. The summed E-state index contributed by atoms with van der Waals surface area (Å²) in [6.45, 7) is 7.46. The fourth-order valence-electron chi connectivity index (χ4n) is 3.47. The van der Waals surface area contributed by atoms with Gasteiger partial charge in [-0.2, -0.15) is 0 Å². The van der Waals surface area contributed by atoms with Gasteiger partial charge in [0.05, 0.1) is 12.5 Å². The average Bonchev–Trinajstić information content (AvgIpc) is 2.54. The van der Waals surface area contributed by atoms with Crippen molar-refractivity contribution in [2.45, 2.75) is 57.6 Å². The molecule has 0 aliphatic carbocycles. The predicted molar refractivity (Wildman–Crippen MR) is 84.1 cm³/mol. The largest absolute Gasteiger partial charge is 0.378 e. The molecular weight excluding hydrogens is 266 g/mol. The highest BCUT2D eigenvalue weighted by atomic mass is 16.5. The summed E-state index contributed by atoms with van der Waals surface area (Å²) in [6, 6.07) is 0.578. The molecule has 0 radical (unpaired) electrons. The van der Waals surface area contributed by atoms with Crippen LogP contribution >= 0.6 is 0 Å². The number of nitrogens with two attached hydrogens (primary N) is 1. The third-order valence-electron chi connectivity index (χ3n) is 4.83. The fraction of sp³-hybridized carbons (Fsp3) is 0.938. The van der Waals surface area contributed by atoms with Crippen LogP contribution in [-0.4, -0.2) is 67.2 Å². The number of hydrogen-bond donors (Lipinski definition) is 1. The van der Waals surface area contributed by atoms with E-state index in [4.69, 9.17) is 10.5 Å². The number of hydrogen-bond acceptors (Lipinski definition) is 4. The van der Waals surface area contributed by atoms with Crippen LogP contribution in [0.4, 0.5) is 0 Å². The van der Waals surface area contributed by atoms with Crippen LogP contribution in [-0.2, 0) is 9.53 Å². The van der Waals surface area contributed by atoms with E-state index in [9.17, 15) is 4.79 Å². The van der Waals surface area contributed by atoms with Crippen molar-refractivity contribution in [2.24, 2.45) is 5.73 Å². The van der Waals surface area contributed by atoms with Gasteiger partial charge in [0, 0.05) is 38.8 Å². The number of carbonyl (C=O) groups is 1. The molecule has 5 heteroatoms. The Labute approximate surface area is 128 Å². The molecule has 5 nitrogen and oxygen atoms in total. The van der Waals surface area contributed by atoms with Gasteiger partial charge in [0.25, 0.3) is 0 Å². The van der Waals surface area contributed by atoms with Crippen LogP contribution in [0.3, 0.4) is 0 Å². The highest BCUT2D eigenvalue weighted by Gasteiger charge is 2.27. The second-order valence-electron chi connectivity index (χ2n) is 6.25. The molecule has 2 aliphatic heterocycles. The second kappa shape index (κ2) is 8.71. The molecule has 122 valence electrons. The van der Waals surface area contributed by atoms with Crippen LogP contribution in [0.1, 0.15) is 45.4 Å². The van der Waals surface area contributed by atoms with E-state index in [1.807, 2.05) is 4.90 Å². The Balaban J connectivity index is 1.73. The Morgan fingerprint density at radius 2 is 2.05 bits per heavy atom. The van der Waals surface area contributed by atoms with E-state index in [0.717, 1.165) is 65.0 Å². The number of amides is 1. The molecule has 0 aromatic heterocycles. The molecule has 0 spiro atoms. The minimum absolute atomic E-state index is 0.157. The molecule has 1 amide bonds. The molecule has 2 fully saturated rings. The number of ether oxygens (including phenoxy) is 1. The second-order valence-corrected chi connectivity index (χ2v) is 6.25. The van der Waals surface area contributed by atoms with Crippen molar-refractivity contribution in [3.8, 4) is 0 Å². The SMILES string of the molecule is CCC(CCN)N1CCN(C(=O)CC2CCCCO2)CC1. The van der Waals surface area contributed by atoms with Gasteiger partial charge in [-0.25, -0.2) is 0 Å². The van der Waals surface area contributed by atoms with E-state index < -0.39 is 0 Å². The molecule has 2 N–H and O–H groups in total. The van der Waals surface area contributed by atoms with Crippen LogP contribution < -0.4 is 5.73 Å². The number of nitrogens with zero attached hydrogens (tertiary/aromatic N) is 2. The predicted octanol–water partition coefficient (Wildman–Crippen LogP) is 1.22. The third-order valence-corrected chi connectivity index (χ3v) is 4.83. The molecule has 2 saturated heterocycles. The molecule has 0 aromatic rings. The summed E-state index contributed by atoms with van der Waals surface area (Å²) in [7, 11) is 0. The van der Waals surface area contributed by atoms with Crippen LogP contribution in [0.5, 0.6) is 0 Å². The van der Waals surface area contributed by atoms with Gasteiger partial charge in [-0.3, -0.25) is 9.69 Å². The maximum absolute atomic E-state index is 12.3. The first kappa shape index (κ1) is 16.7. The highest BCUT2D eigenvalue weighted by Crippen LogP contribution is 2.18. The minimum Gasteiger partial charge on any atom is -0.378 e. The summed E-state index contributed by atoms with van der Waals surface area (Å²) in [5.41, 5.74) is 5.69. The van der Waals surface area contributed by atoms with Crippen molar-refractivity contribution in [2.75, 3.05) is 39.3 Å². The molecule has 2 unspecified atom stereocenters. The summed E-state index contributed by atoms with van der Waals surface area (Å²) >= 11 is 0. The van der Waals surface area contributed by atoms with Crippen LogP contribution in [0, 0.1) is 0 Å². The molecule has 2 rings (SSSR count). The van der Waals surface area contributed by atoms with Crippen molar-refractivity contribution in [3.05, 3.63) is 0 Å². The van der Waals surface area contributed by atoms with Gasteiger partial charge in [-0.15, -0.1) is 0 Å². The lowest BCUT2D eigenvalue weighted by atomic mass is 10.0.